The van der Waals surface area contributed by atoms with Crippen LogP contribution >= 0.6 is 11.3 Å². The molecule has 1 amide bonds. The number of carbonyl (C=O) groups excluding carboxylic acids is 1. The molecule has 0 unspecified atom stereocenters. The second-order valence-corrected chi connectivity index (χ2v) is 8.87. The molecule has 4 heterocycles. The Morgan fingerprint density at radius 1 is 1.20 bits per heavy atom. The molecule has 3 N–H and O–H groups in total. The first-order valence-electron chi connectivity index (χ1n) is 10.5. The van der Waals surface area contributed by atoms with Gasteiger partial charge in [0.05, 0.1) is 26.5 Å². The number of pyridine rings is 1. The van der Waals surface area contributed by atoms with Crippen molar-refractivity contribution in [3.8, 4) is 0 Å². The van der Waals surface area contributed by atoms with Crippen LogP contribution in [0.4, 0.5) is 11.5 Å². The van der Waals surface area contributed by atoms with Crippen molar-refractivity contribution in [2.45, 2.75) is 31.6 Å². The number of nitrogens with zero attached hydrogens (tertiary/aromatic N) is 4. The van der Waals surface area contributed by atoms with Gasteiger partial charge in [-0.25, -0.2) is 15.0 Å². The fraction of sp³-hybridized carbons (Fsp3) is 0.429. The summed E-state index contributed by atoms with van der Waals surface area (Å²) < 4.78 is 0.893. The van der Waals surface area contributed by atoms with E-state index in [9.17, 15) is 4.79 Å². The average Bonchev–Trinajstić information content (AvgIpc) is 3.48. The molecule has 1 saturated heterocycles. The zero-order chi connectivity index (χ0) is 20.3. The molecule has 9 heteroatoms. The topological polar surface area (TPSA) is 95.1 Å². The molecule has 8 nitrogen and oxygen atoms in total. The minimum atomic E-state index is -0.201. The highest BCUT2D eigenvalue weighted by Gasteiger charge is 2.25. The number of amides is 1. The zero-order valence-corrected chi connectivity index (χ0v) is 17.5. The van der Waals surface area contributed by atoms with Crippen LogP contribution in [0.3, 0.4) is 0 Å². The second kappa shape index (κ2) is 8.53. The van der Waals surface area contributed by atoms with Crippen molar-refractivity contribution in [1.82, 2.24) is 25.7 Å². The largest absolute Gasteiger partial charge is 0.368 e. The van der Waals surface area contributed by atoms with E-state index in [0.29, 0.717) is 16.6 Å². The Morgan fingerprint density at radius 2 is 2.03 bits per heavy atom. The summed E-state index contributed by atoms with van der Waals surface area (Å²) in [7, 11) is 0. The Hall–Kier alpha value is -2.78. The predicted molar refractivity (Wildman–Crippen MR) is 119 cm³/mol. The van der Waals surface area contributed by atoms with E-state index in [2.05, 4.69) is 37.1 Å². The van der Waals surface area contributed by atoms with Crippen LogP contribution in [0.5, 0.6) is 0 Å². The summed E-state index contributed by atoms with van der Waals surface area (Å²) in [5, 5.41) is 3.41. The van der Waals surface area contributed by atoms with Crippen LogP contribution in [0.2, 0.25) is 0 Å². The summed E-state index contributed by atoms with van der Waals surface area (Å²) in [6.45, 7) is 4.00. The number of rotatable bonds is 5. The van der Waals surface area contributed by atoms with Crippen molar-refractivity contribution in [3.05, 3.63) is 41.3 Å². The Bertz CT molecular complexity index is 1010. The number of thiophene rings is 1. The molecule has 3 aromatic rings. The van der Waals surface area contributed by atoms with Crippen molar-refractivity contribution in [2.24, 2.45) is 0 Å². The lowest BCUT2D eigenvalue weighted by molar-refractivity contribution is 0.0966. The molecular formula is C21H25N7OS. The van der Waals surface area contributed by atoms with Crippen LogP contribution in [-0.2, 0) is 0 Å². The third kappa shape index (κ3) is 3.95. The summed E-state index contributed by atoms with van der Waals surface area (Å²) in [4.78, 5) is 28.7. The third-order valence-electron chi connectivity index (χ3n) is 5.83. The van der Waals surface area contributed by atoms with Gasteiger partial charge in [-0.3, -0.25) is 15.6 Å². The van der Waals surface area contributed by atoms with Gasteiger partial charge in [0, 0.05) is 38.3 Å². The van der Waals surface area contributed by atoms with Crippen molar-refractivity contribution in [1.29, 1.82) is 0 Å². The number of nitrogens with one attached hydrogen (secondary N) is 3. The van der Waals surface area contributed by atoms with E-state index in [1.54, 1.807) is 12.3 Å². The highest BCUT2D eigenvalue weighted by Crippen LogP contribution is 2.38. The van der Waals surface area contributed by atoms with Crippen molar-refractivity contribution >= 4 is 39.0 Å². The van der Waals surface area contributed by atoms with Crippen LogP contribution in [0, 0.1) is 0 Å². The minimum Gasteiger partial charge on any atom is -0.368 e. The van der Waals surface area contributed by atoms with Crippen molar-refractivity contribution in [3.63, 3.8) is 0 Å². The molecule has 0 aromatic carbocycles. The van der Waals surface area contributed by atoms with Gasteiger partial charge in [-0.2, -0.15) is 0 Å². The van der Waals surface area contributed by atoms with Crippen LogP contribution in [0.15, 0.2) is 30.7 Å². The zero-order valence-electron chi connectivity index (χ0n) is 16.7. The maximum Gasteiger partial charge on any atom is 0.279 e. The molecule has 0 bridgehead atoms. The van der Waals surface area contributed by atoms with Crippen molar-refractivity contribution in [2.75, 3.05) is 36.5 Å². The van der Waals surface area contributed by atoms with Gasteiger partial charge in [0.2, 0.25) is 0 Å². The average molecular weight is 424 g/mol. The van der Waals surface area contributed by atoms with E-state index >= 15 is 0 Å². The molecule has 3 aromatic heterocycles. The Balaban J connectivity index is 1.33. The third-order valence-corrected chi connectivity index (χ3v) is 6.88. The quantitative estimate of drug-likeness (QED) is 0.543. The predicted octanol–water partition coefficient (Wildman–Crippen LogP) is 2.91. The molecule has 1 aliphatic heterocycles. The van der Waals surface area contributed by atoms with E-state index in [1.807, 2.05) is 6.07 Å². The summed E-state index contributed by atoms with van der Waals surface area (Å²) in [5.74, 6) is 0.965. The molecule has 2 aliphatic rings. The lowest BCUT2D eigenvalue weighted by atomic mass is 10.0. The number of fused-ring (bicyclic) bond motifs is 1. The maximum absolute atomic E-state index is 12.6. The van der Waals surface area contributed by atoms with Crippen LogP contribution in [-0.4, -0.2) is 47.0 Å². The Labute approximate surface area is 179 Å². The van der Waals surface area contributed by atoms with E-state index in [4.69, 9.17) is 4.98 Å². The molecular weight excluding hydrogens is 398 g/mol. The number of piperazine rings is 1. The summed E-state index contributed by atoms with van der Waals surface area (Å²) in [6, 6.07) is 5.88. The van der Waals surface area contributed by atoms with Gasteiger partial charge in [0.25, 0.3) is 5.91 Å². The van der Waals surface area contributed by atoms with Gasteiger partial charge in [-0.05, 0) is 31.0 Å². The number of carbonyl (C=O) groups is 1. The minimum absolute atomic E-state index is 0.201. The van der Waals surface area contributed by atoms with E-state index in [0.717, 1.165) is 42.1 Å². The van der Waals surface area contributed by atoms with Crippen molar-refractivity contribution < 1.29 is 4.79 Å². The standard InChI is InChI=1S/C21H25N7OS/c29-21(17-11-15-18(30-17)12-23-13-24-15)27-26-19-6-5-16(28-9-7-22-8-10-28)20(25-19)14-3-1-2-4-14/h5-6,11-14,22H,1-4,7-10H2,(H,25,26)(H,27,29). The second-order valence-electron chi connectivity index (χ2n) is 7.78. The Morgan fingerprint density at radius 3 is 2.83 bits per heavy atom. The molecule has 5 rings (SSSR count). The number of hydrazine groups is 1. The molecule has 156 valence electrons. The van der Waals surface area contributed by atoms with E-state index in [1.165, 1.54) is 49.0 Å². The number of hydrogen-bond donors (Lipinski definition) is 3. The van der Waals surface area contributed by atoms with Crippen LogP contribution in [0.25, 0.3) is 10.2 Å². The van der Waals surface area contributed by atoms with Gasteiger partial charge in [-0.1, -0.05) is 12.8 Å². The SMILES string of the molecule is O=C(NNc1ccc(N2CCNCC2)c(C2CCCC2)n1)c1cc2ncncc2s1. The molecule has 30 heavy (non-hydrogen) atoms. The van der Waals surface area contributed by atoms with Gasteiger partial charge in [0.15, 0.2) is 0 Å². The van der Waals surface area contributed by atoms with Crippen LogP contribution in [0.1, 0.15) is 47.0 Å². The molecule has 0 spiro atoms. The highest BCUT2D eigenvalue weighted by molar-refractivity contribution is 7.20. The van der Waals surface area contributed by atoms with Crippen LogP contribution < -0.4 is 21.1 Å². The lowest BCUT2D eigenvalue weighted by Crippen LogP contribution is -2.44. The van der Waals surface area contributed by atoms with E-state index < -0.39 is 0 Å². The van der Waals surface area contributed by atoms with Gasteiger partial charge < -0.3 is 10.2 Å². The molecule has 1 aliphatic carbocycles. The number of aromatic nitrogens is 3. The first-order valence-corrected chi connectivity index (χ1v) is 11.3. The van der Waals surface area contributed by atoms with Gasteiger partial charge in [0.1, 0.15) is 12.1 Å². The van der Waals surface area contributed by atoms with Gasteiger partial charge in [-0.15, -0.1) is 11.3 Å². The fourth-order valence-electron chi connectivity index (χ4n) is 4.29. The smallest absolute Gasteiger partial charge is 0.279 e. The maximum atomic E-state index is 12.6. The number of anilines is 2. The summed E-state index contributed by atoms with van der Waals surface area (Å²) in [5.41, 5.74) is 8.97. The van der Waals surface area contributed by atoms with Gasteiger partial charge >= 0.3 is 0 Å². The number of hydrogen-bond acceptors (Lipinski definition) is 8. The van der Waals surface area contributed by atoms with E-state index in [-0.39, 0.29) is 5.91 Å². The molecule has 0 radical (unpaired) electrons. The fourth-order valence-corrected chi connectivity index (χ4v) is 5.17. The summed E-state index contributed by atoms with van der Waals surface area (Å²) >= 11 is 1.38. The first kappa shape index (κ1) is 19.2. The molecule has 1 saturated carbocycles. The normalized spacial score (nSPS) is 17.4. The first-order chi connectivity index (χ1) is 14.8. The summed E-state index contributed by atoms with van der Waals surface area (Å²) in [6.07, 6.45) is 8.10. The Kier molecular flexibility index (Phi) is 5.46. The highest BCUT2D eigenvalue weighted by atomic mass is 32.1. The monoisotopic (exact) mass is 423 g/mol. The lowest BCUT2D eigenvalue weighted by Gasteiger charge is -2.32. The molecule has 0 atom stereocenters. The molecule has 2 fully saturated rings.